The Morgan fingerprint density at radius 2 is 2.14 bits per heavy atom. The Morgan fingerprint density at radius 3 is 2.76 bits per heavy atom. The van der Waals surface area contributed by atoms with E-state index in [1.54, 1.807) is 6.20 Å². The second kappa shape index (κ2) is 6.55. The molecule has 0 saturated carbocycles. The zero-order chi connectivity index (χ0) is 15.4. The van der Waals surface area contributed by atoms with E-state index in [9.17, 15) is 9.59 Å². The molecule has 21 heavy (non-hydrogen) atoms. The number of hydrogen-bond donors (Lipinski definition) is 3. The molecule has 110 valence electrons. The Hall–Kier alpha value is -2.12. The summed E-state index contributed by atoms with van der Waals surface area (Å²) in [7, 11) is 0. The molecule has 0 aliphatic carbocycles. The highest BCUT2D eigenvalue weighted by Crippen LogP contribution is 2.19. The summed E-state index contributed by atoms with van der Waals surface area (Å²) in [6.45, 7) is 2.23. The average molecular weight is 326 g/mol. The molecule has 0 unspecified atom stereocenters. The molecule has 0 radical (unpaired) electrons. The Morgan fingerprint density at radius 1 is 1.38 bits per heavy atom. The summed E-state index contributed by atoms with van der Waals surface area (Å²) in [5.74, 6) is -1.11. The molecule has 0 aliphatic rings. The predicted octanol–water partition coefficient (Wildman–Crippen LogP) is 3.12. The Balaban J connectivity index is 1.97. The number of benzene rings is 1. The number of halogens is 1. The number of nitrogens with zero attached hydrogens (tertiary/aromatic N) is 1. The third-order valence-corrected chi connectivity index (χ3v) is 3.63. The first-order chi connectivity index (χ1) is 9.94. The molecule has 1 aromatic carbocycles. The van der Waals surface area contributed by atoms with Crippen LogP contribution in [0.2, 0.25) is 5.02 Å². The molecule has 1 aromatic heterocycles. The minimum atomic E-state index is -1.11. The molecule has 2 amide bonds. The van der Waals surface area contributed by atoms with Crippen LogP contribution in [0.25, 0.3) is 0 Å². The van der Waals surface area contributed by atoms with Crippen molar-refractivity contribution in [3.63, 3.8) is 0 Å². The lowest BCUT2D eigenvalue weighted by atomic mass is 10.2. The van der Waals surface area contributed by atoms with Crippen molar-refractivity contribution in [2.45, 2.75) is 13.5 Å². The third-order valence-electron chi connectivity index (χ3n) is 2.49. The Kier molecular flexibility index (Phi) is 4.77. The molecule has 1 heterocycles. The van der Waals surface area contributed by atoms with Gasteiger partial charge in [0.25, 0.3) is 0 Å². The minimum absolute atomic E-state index is 0.0101. The van der Waals surface area contributed by atoms with E-state index >= 15 is 0 Å². The highest BCUT2D eigenvalue weighted by Gasteiger charge is 2.09. The number of nitrogens with one attached hydrogen (secondary N) is 2. The molecular weight excluding hydrogens is 314 g/mol. The topological polar surface area (TPSA) is 91.3 Å². The van der Waals surface area contributed by atoms with E-state index in [4.69, 9.17) is 16.7 Å². The van der Waals surface area contributed by atoms with E-state index in [1.165, 1.54) is 29.5 Å². The number of carboxylic acid groups (broad SMARTS) is 1. The average Bonchev–Trinajstić information content (AvgIpc) is 2.81. The van der Waals surface area contributed by atoms with Gasteiger partial charge in [0.05, 0.1) is 17.1 Å². The van der Waals surface area contributed by atoms with Gasteiger partial charge in [0.15, 0.2) is 0 Å². The monoisotopic (exact) mass is 325 g/mol. The van der Waals surface area contributed by atoms with E-state index in [-0.39, 0.29) is 10.6 Å². The van der Waals surface area contributed by atoms with Gasteiger partial charge in [0, 0.05) is 21.8 Å². The van der Waals surface area contributed by atoms with Crippen molar-refractivity contribution in [2.24, 2.45) is 0 Å². The standard InChI is InChI=1S/C13H12ClN3O3S/c1-7-15-5-11(21-7)6-16-13(20)17-10-3-8(12(18)19)2-9(14)4-10/h2-5H,6H2,1H3,(H,18,19)(H2,16,17,20). The number of carboxylic acids is 1. The third kappa shape index (κ3) is 4.44. The maximum Gasteiger partial charge on any atom is 0.335 e. The number of rotatable bonds is 4. The van der Waals surface area contributed by atoms with Crippen LogP contribution in [-0.4, -0.2) is 22.1 Å². The normalized spacial score (nSPS) is 10.2. The fraction of sp³-hybridized carbons (Fsp3) is 0.154. The minimum Gasteiger partial charge on any atom is -0.478 e. The molecule has 2 rings (SSSR count). The molecule has 0 saturated heterocycles. The van der Waals surface area contributed by atoms with E-state index in [0.29, 0.717) is 12.2 Å². The number of aromatic carboxylic acids is 1. The summed E-state index contributed by atoms with van der Waals surface area (Å²) in [4.78, 5) is 27.7. The lowest BCUT2D eigenvalue weighted by Gasteiger charge is -2.08. The zero-order valence-electron chi connectivity index (χ0n) is 11.0. The summed E-state index contributed by atoms with van der Waals surface area (Å²) in [6, 6.07) is 3.68. The predicted molar refractivity (Wildman–Crippen MR) is 81.1 cm³/mol. The molecule has 2 aromatic rings. The van der Waals surface area contributed by atoms with Gasteiger partial charge < -0.3 is 15.7 Å². The van der Waals surface area contributed by atoms with Crippen LogP contribution in [0.5, 0.6) is 0 Å². The van der Waals surface area contributed by atoms with Crippen molar-refractivity contribution in [2.75, 3.05) is 5.32 Å². The number of urea groups is 1. The first-order valence-electron chi connectivity index (χ1n) is 5.94. The number of anilines is 1. The fourth-order valence-corrected chi connectivity index (χ4v) is 2.58. The second-order valence-corrected chi connectivity index (χ2v) is 5.94. The van der Waals surface area contributed by atoms with Gasteiger partial charge in [-0.25, -0.2) is 14.6 Å². The number of hydrogen-bond acceptors (Lipinski definition) is 4. The quantitative estimate of drug-likeness (QED) is 0.805. The van der Waals surface area contributed by atoms with Crippen LogP contribution in [0.3, 0.4) is 0 Å². The van der Waals surface area contributed by atoms with Gasteiger partial charge >= 0.3 is 12.0 Å². The number of amides is 2. The van der Waals surface area contributed by atoms with Crippen molar-refractivity contribution in [1.82, 2.24) is 10.3 Å². The van der Waals surface area contributed by atoms with Gasteiger partial charge in [-0.3, -0.25) is 0 Å². The van der Waals surface area contributed by atoms with Gasteiger partial charge in [-0.2, -0.15) is 0 Å². The van der Waals surface area contributed by atoms with Crippen LogP contribution in [0.4, 0.5) is 10.5 Å². The molecule has 6 nitrogen and oxygen atoms in total. The summed E-state index contributed by atoms with van der Waals surface area (Å²) >= 11 is 7.30. The van der Waals surface area contributed by atoms with Crippen LogP contribution >= 0.6 is 22.9 Å². The van der Waals surface area contributed by atoms with Crippen molar-refractivity contribution in [1.29, 1.82) is 0 Å². The Bertz CT molecular complexity index is 687. The highest BCUT2D eigenvalue weighted by atomic mass is 35.5. The molecule has 0 fully saturated rings. The molecule has 0 aliphatic heterocycles. The van der Waals surface area contributed by atoms with Crippen LogP contribution < -0.4 is 10.6 Å². The van der Waals surface area contributed by atoms with Crippen LogP contribution in [0, 0.1) is 6.92 Å². The Labute approximate surface area is 129 Å². The number of aromatic nitrogens is 1. The molecule has 0 atom stereocenters. The summed E-state index contributed by atoms with van der Waals surface area (Å²) in [5.41, 5.74) is 0.328. The van der Waals surface area contributed by atoms with Gasteiger partial charge in [-0.15, -0.1) is 11.3 Å². The lowest BCUT2D eigenvalue weighted by molar-refractivity contribution is 0.0697. The van der Waals surface area contributed by atoms with Gasteiger partial charge in [-0.05, 0) is 25.1 Å². The fourth-order valence-electron chi connectivity index (χ4n) is 1.62. The molecule has 0 bridgehead atoms. The van der Waals surface area contributed by atoms with E-state index in [2.05, 4.69) is 15.6 Å². The summed E-state index contributed by atoms with van der Waals surface area (Å²) in [6.07, 6.45) is 1.70. The van der Waals surface area contributed by atoms with Gasteiger partial charge in [0.2, 0.25) is 0 Å². The first kappa shape index (κ1) is 15.3. The van der Waals surface area contributed by atoms with Crippen molar-refractivity contribution in [3.05, 3.63) is 44.9 Å². The number of thiazole rings is 1. The molecule has 8 heteroatoms. The highest BCUT2D eigenvalue weighted by molar-refractivity contribution is 7.11. The number of aryl methyl sites for hydroxylation is 1. The molecule has 3 N–H and O–H groups in total. The van der Waals surface area contributed by atoms with E-state index in [0.717, 1.165) is 9.88 Å². The maximum absolute atomic E-state index is 11.8. The van der Waals surface area contributed by atoms with Crippen molar-refractivity contribution < 1.29 is 14.7 Å². The van der Waals surface area contributed by atoms with E-state index < -0.39 is 12.0 Å². The van der Waals surface area contributed by atoms with Gasteiger partial charge in [-0.1, -0.05) is 11.6 Å². The lowest BCUT2D eigenvalue weighted by Crippen LogP contribution is -2.27. The molecule has 0 spiro atoms. The first-order valence-corrected chi connectivity index (χ1v) is 7.13. The second-order valence-electron chi connectivity index (χ2n) is 4.19. The number of carbonyl (C=O) groups excluding carboxylic acids is 1. The van der Waals surface area contributed by atoms with Crippen LogP contribution in [-0.2, 0) is 6.54 Å². The van der Waals surface area contributed by atoms with Crippen molar-refractivity contribution in [3.8, 4) is 0 Å². The number of carbonyl (C=O) groups is 2. The van der Waals surface area contributed by atoms with Gasteiger partial charge in [0.1, 0.15) is 0 Å². The molecular formula is C13H12ClN3O3S. The largest absolute Gasteiger partial charge is 0.478 e. The van der Waals surface area contributed by atoms with Crippen molar-refractivity contribution >= 4 is 40.6 Å². The summed E-state index contributed by atoms with van der Waals surface area (Å²) in [5, 5.41) is 15.3. The maximum atomic E-state index is 11.8. The zero-order valence-corrected chi connectivity index (χ0v) is 12.6. The van der Waals surface area contributed by atoms with Crippen LogP contribution in [0.15, 0.2) is 24.4 Å². The summed E-state index contributed by atoms with van der Waals surface area (Å²) < 4.78 is 0. The SMILES string of the molecule is Cc1ncc(CNC(=O)Nc2cc(Cl)cc(C(=O)O)c2)s1. The smallest absolute Gasteiger partial charge is 0.335 e. The van der Waals surface area contributed by atoms with E-state index in [1.807, 2.05) is 6.92 Å². The van der Waals surface area contributed by atoms with Crippen LogP contribution in [0.1, 0.15) is 20.2 Å².